The molecule has 28 heavy (non-hydrogen) atoms. The highest BCUT2D eigenvalue weighted by atomic mass is 16.2. The molecule has 4 rings (SSSR count). The number of aromatic nitrogens is 3. The molecule has 2 aromatic heterocycles. The minimum absolute atomic E-state index is 0.107. The van der Waals surface area contributed by atoms with Gasteiger partial charge in [0.25, 0.3) is 0 Å². The van der Waals surface area contributed by atoms with Crippen molar-refractivity contribution in [1.82, 2.24) is 24.4 Å². The van der Waals surface area contributed by atoms with Crippen molar-refractivity contribution in [2.75, 3.05) is 20.1 Å². The number of hydrogen-bond donors (Lipinski definition) is 0. The van der Waals surface area contributed by atoms with E-state index >= 15 is 0 Å². The fourth-order valence-electron chi connectivity index (χ4n) is 4.09. The fourth-order valence-corrected chi connectivity index (χ4v) is 4.09. The minimum Gasteiger partial charge on any atom is -0.340 e. The molecule has 0 saturated carbocycles. The summed E-state index contributed by atoms with van der Waals surface area (Å²) < 4.78 is 2.09. The van der Waals surface area contributed by atoms with Gasteiger partial charge in [-0.3, -0.25) is 14.1 Å². The van der Waals surface area contributed by atoms with E-state index in [1.54, 1.807) is 0 Å². The first-order valence-electron chi connectivity index (χ1n) is 9.96. The molecule has 0 N–H and O–H groups in total. The van der Waals surface area contributed by atoms with Crippen molar-refractivity contribution in [2.24, 2.45) is 0 Å². The summed E-state index contributed by atoms with van der Waals surface area (Å²) in [5.74, 6) is 1.60. The van der Waals surface area contributed by atoms with Crippen molar-refractivity contribution < 1.29 is 4.79 Å². The van der Waals surface area contributed by atoms with E-state index in [2.05, 4.69) is 31.6 Å². The Morgan fingerprint density at radius 3 is 2.57 bits per heavy atom. The number of carbonyl (C=O) groups excluding carboxylic acids is 1. The van der Waals surface area contributed by atoms with E-state index in [9.17, 15) is 4.79 Å². The fraction of sp³-hybridized carbons (Fsp3) is 0.409. The van der Waals surface area contributed by atoms with E-state index in [4.69, 9.17) is 0 Å². The molecular formula is C22H27N5O. The van der Waals surface area contributed by atoms with Gasteiger partial charge in [0.15, 0.2) is 5.65 Å². The number of amides is 1. The Bertz CT molecular complexity index is 930. The molecule has 0 aliphatic carbocycles. The number of likely N-dealkylation sites (N-methyl/N-ethyl adjacent to an activating group) is 1. The number of fused-ring (bicyclic) bond motifs is 1. The normalized spacial score (nSPS) is 16.9. The van der Waals surface area contributed by atoms with Gasteiger partial charge < -0.3 is 4.90 Å². The molecule has 3 heterocycles. The molecule has 1 aliphatic heterocycles. The summed E-state index contributed by atoms with van der Waals surface area (Å²) in [5, 5.41) is 8.70. The third-order valence-corrected chi connectivity index (χ3v) is 5.78. The first-order chi connectivity index (χ1) is 13.6. The Labute approximate surface area is 165 Å². The lowest BCUT2D eigenvalue weighted by Gasteiger charge is -2.36. The van der Waals surface area contributed by atoms with Gasteiger partial charge in [0, 0.05) is 25.7 Å². The van der Waals surface area contributed by atoms with Gasteiger partial charge in [-0.15, -0.1) is 10.2 Å². The maximum Gasteiger partial charge on any atom is 0.239 e. The minimum atomic E-state index is -0.107. The molecule has 1 aliphatic rings. The van der Waals surface area contributed by atoms with Crippen LogP contribution in [0.5, 0.6) is 0 Å². The summed E-state index contributed by atoms with van der Waals surface area (Å²) in [5.41, 5.74) is 2.05. The second-order valence-corrected chi connectivity index (χ2v) is 7.65. The smallest absolute Gasteiger partial charge is 0.239 e. The van der Waals surface area contributed by atoms with E-state index in [1.807, 2.05) is 61.5 Å². The maximum atomic E-state index is 12.9. The molecule has 1 atom stereocenters. The van der Waals surface area contributed by atoms with Crippen molar-refractivity contribution in [1.29, 1.82) is 0 Å². The van der Waals surface area contributed by atoms with E-state index in [0.29, 0.717) is 12.5 Å². The lowest BCUT2D eigenvalue weighted by Crippen LogP contribution is -2.48. The summed E-state index contributed by atoms with van der Waals surface area (Å²) in [7, 11) is 1.89. The van der Waals surface area contributed by atoms with Crippen LogP contribution in [0.4, 0.5) is 0 Å². The summed E-state index contributed by atoms with van der Waals surface area (Å²) in [6.07, 6.45) is 4.02. The van der Waals surface area contributed by atoms with Crippen LogP contribution in [0, 0.1) is 0 Å². The molecule has 1 amide bonds. The van der Waals surface area contributed by atoms with Gasteiger partial charge in [-0.05, 0) is 50.6 Å². The van der Waals surface area contributed by atoms with E-state index in [1.165, 1.54) is 0 Å². The number of hydrogen-bond acceptors (Lipinski definition) is 4. The average molecular weight is 377 g/mol. The standard InChI is InChI=1S/C22H27N5O/c1-17(22(28)25(2)16-18-8-4-3-5-9-18)26-14-11-19(12-15-26)21-24-23-20-10-6-7-13-27(20)21/h3-10,13,17,19H,11-12,14-16H2,1-2H3. The van der Waals surface area contributed by atoms with Gasteiger partial charge >= 0.3 is 0 Å². The quantitative estimate of drug-likeness (QED) is 0.686. The van der Waals surface area contributed by atoms with Gasteiger partial charge in [-0.25, -0.2) is 0 Å². The molecule has 0 radical (unpaired) electrons. The van der Waals surface area contributed by atoms with Crippen molar-refractivity contribution in [3.8, 4) is 0 Å². The Morgan fingerprint density at radius 2 is 1.82 bits per heavy atom. The number of nitrogens with zero attached hydrogens (tertiary/aromatic N) is 5. The van der Waals surface area contributed by atoms with Crippen LogP contribution in [0.2, 0.25) is 0 Å². The third kappa shape index (κ3) is 3.78. The number of rotatable bonds is 5. The molecule has 0 bridgehead atoms. The summed E-state index contributed by atoms with van der Waals surface area (Å²) >= 11 is 0. The van der Waals surface area contributed by atoms with Crippen molar-refractivity contribution >= 4 is 11.6 Å². The predicted molar refractivity (Wildman–Crippen MR) is 109 cm³/mol. The number of carbonyl (C=O) groups is 1. The number of benzene rings is 1. The van der Waals surface area contributed by atoms with Gasteiger partial charge in [-0.2, -0.15) is 0 Å². The van der Waals surface area contributed by atoms with Crippen molar-refractivity contribution in [3.63, 3.8) is 0 Å². The molecule has 6 nitrogen and oxygen atoms in total. The van der Waals surface area contributed by atoms with Gasteiger partial charge in [0.2, 0.25) is 5.91 Å². The Morgan fingerprint density at radius 1 is 1.11 bits per heavy atom. The molecule has 1 aromatic carbocycles. The third-order valence-electron chi connectivity index (χ3n) is 5.78. The first kappa shape index (κ1) is 18.6. The first-order valence-corrected chi connectivity index (χ1v) is 9.96. The van der Waals surface area contributed by atoms with Crippen molar-refractivity contribution in [3.05, 3.63) is 66.1 Å². The second-order valence-electron chi connectivity index (χ2n) is 7.65. The van der Waals surface area contributed by atoms with Crippen LogP contribution in [-0.2, 0) is 11.3 Å². The molecule has 146 valence electrons. The SMILES string of the molecule is CC(C(=O)N(C)Cc1ccccc1)N1CCC(c2nnc3ccccn23)CC1. The largest absolute Gasteiger partial charge is 0.340 e. The highest BCUT2D eigenvalue weighted by Gasteiger charge is 2.30. The zero-order valence-corrected chi connectivity index (χ0v) is 16.5. The summed E-state index contributed by atoms with van der Waals surface area (Å²) in [4.78, 5) is 17.0. The van der Waals surface area contributed by atoms with Gasteiger partial charge in [-0.1, -0.05) is 36.4 Å². The van der Waals surface area contributed by atoms with Crippen LogP contribution in [0.15, 0.2) is 54.7 Å². The van der Waals surface area contributed by atoms with Crippen LogP contribution in [0.3, 0.4) is 0 Å². The molecule has 0 spiro atoms. The zero-order chi connectivity index (χ0) is 19.5. The molecule has 1 unspecified atom stereocenters. The zero-order valence-electron chi connectivity index (χ0n) is 16.5. The lowest BCUT2D eigenvalue weighted by atomic mass is 9.95. The summed E-state index contributed by atoms with van der Waals surface area (Å²) in [6, 6.07) is 16.0. The Kier molecular flexibility index (Phi) is 5.39. The van der Waals surface area contributed by atoms with Crippen LogP contribution in [-0.4, -0.2) is 56.5 Å². The molecule has 3 aromatic rings. The molecule has 1 fully saturated rings. The predicted octanol–water partition coefficient (Wildman–Crippen LogP) is 2.96. The molecular weight excluding hydrogens is 350 g/mol. The highest BCUT2D eigenvalue weighted by Crippen LogP contribution is 2.28. The summed E-state index contributed by atoms with van der Waals surface area (Å²) in [6.45, 7) is 4.47. The van der Waals surface area contributed by atoms with Crippen LogP contribution in [0.1, 0.15) is 37.1 Å². The maximum absolute atomic E-state index is 12.9. The second kappa shape index (κ2) is 8.10. The van der Waals surface area contributed by atoms with Crippen LogP contribution in [0.25, 0.3) is 5.65 Å². The number of pyridine rings is 1. The van der Waals surface area contributed by atoms with Crippen LogP contribution < -0.4 is 0 Å². The number of piperidine rings is 1. The highest BCUT2D eigenvalue weighted by molar-refractivity contribution is 5.81. The Balaban J connectivity index is 1.35. The lowest BCUT2D eigenvalue weighted by molar-refractivity contribution is -0.136. The van der Waals surface area contributed by atoms with Gasteiger partial charge in [0.1, 0.15) is 5.82 Å². The Hall–Kier alpha value is -2.73. The van der Waals surface area contributed by atoms with E-state index < -0.39 is 0 Å². The van der Waals surface area contributed by atoms with Crippen molar-refractivity contribution in [2.45, 2.75) is 38.3 Å². The van der Waals surface area contributed by atoms with Crippen LogP contribution >= 0.6 is 0 Å². The molecule has 6 heteroatoms. The van der Waals surface area contributed by atoms with Gasteiger partial charge in [0.05, 0.1) is 6.04 Å². The monoisotopic (exact) mass is 377 g/mol. The van der Waals surface area contributed by atoms with E-state index in [-0.39, 0.29) is 11.9 Å². The molecule has 1 saturated heterocycles. The topological polar surface area (TPSA) is 53.7 Å². The number of likely N-dealkylation sites (tertiary alicyclic amines) is 1. The average Bonchev–Trinajstić information content (AvgIpc) is 3.17. The van der Waals surface area contributed by atoms with E-state index in [0.717, 1.165) is 43.0 Å².